The van der Waals surface area contributed by atoms with E-state index in [4.69, 9.17) is 0 Å². The van der Waals surface area contributed by atoms with Crippen LogP contribution in [0, 0.1) is 0 Å². The fraction of sp³-hybridized carbons (Fsp3) is 0.467. The third kappa shape index (κ3) is 5.73. The minimum Gasteiger partial charge on any atom is -0.355 e. The molecule has 0 aliphatic rings. The Morgan fingerprint density at radius 1 is 1.25 bits per heavy atom. The van der Waals surface area contributed by atoms with E-state index in [1.165, 1.54) is 5.56 Å². The van der Waals surface area contributed by atoms with E-state index in [1.54, 1.807) is 7.05 Å². The molecular weight excluding hydrogens is 252 g/mol. The van der Waals surface area contributed by atoms with Gasteiger partial charge in [-0.1, -0.05) is 37.3 Å². The van der Waals surface area contributed by atoms with E-state index in [2.05, 4.69) is 40.0 Å². The topological polar surface area (TPSA) is 65.5 Å². The highest BCUT2D eigenvalue weighted by atomic mass is 16.1. The van der Waals surface area contributed by atoms with Crippen LogP contribution in [0.3, 0.4) is 0 Å². The Labute approximate surface area is 120 Å². The van der Waals surface area contributed by atoms with E-state index >= 15 is 0 Å². The Balaban J connectivity index is 2.42. The van der Waals surface area contributed by atoms with Crippen LogP contribution >= 0.6 is 0 Å². The highest BCUT2D eigenvalue weighted by molar-refractivity contribution is 5.86. The molecule has 0 fully saturated rings. The Hall–Kier alpha value is -2.04. The lowest BCUT2D eigenvalue weighted by Crippen LogP contribution is -2.44. The maximum Gasteiger partial charge on any atom is 0.239 e. The summed E-state index contributed by atoms with van der Waals surface area (Å²) in [7, 11) is 1.69. The number of amides is 1. The first kappa shape index (κ1) is 16.0. The molecule has 0 bridgehead atoms. The molecule has 1 atom stereocenters. The number of benzene rings is 1. The highest BCUT2D eigenvalue weighted by Gasteiger charge is 2.08. The second kappa shape index (κ2) is 8.96. The molecule has 5 nitrogen and oxygen atoms in total. The minimum atomic E-state index is -0.0258. The van der Waals surface area contributed by atoms with Crippen molar-refractivity contribution in [2.24, 2.45) is 4.99 Å². The van der Waals surface area contributed by atoms with Crippen molar-refractivity contribution in [1.29, 1.82) is 0 Å². The molecule has 110 valence electrons. The molecule has 0 aromatic heterocycles. The van der Waals surface area contributed by atoms with Gasteiger partial charge in [-0.15, -0.1) is 0 Å². The third-order valence-electron chi connectivity index (χ3n) is 2.86. The summed E-state index contributed by atoms with van der Waals surface area (Å²) in [6.07, 6.45) is 0.934. The van der Waals surface area contributed by atoms with Gasteiger partial charge in [0.25, 0.3) is 0 Å². The molecule has 0 radical (unpaired) electrons. The van der Waals surface area contributed by atoms with Gasteiger partial charge in [0, 0.05) is 13.6 Å². The number of nitrogens with zero attached hydrogens (tertiary/aromatic N) is 1. The quantitative estimate of drug-likeness (QED) is 0.544. The standard InChI is InChI=1S/C15H24N4O/c1-4-10-17-14(20)11-18-15(16-3)19-12(2)13-8-6-5-7-9-13/h5-9,12H,4,10-11H2,1-3H3,(H,17,20)(H2,16,18,19). The van der Waals surface area contributed by atoms with Gasteiger partial charge < -0.3 is 16.0 Å². The monoisotopic (exact) mass is 276 g/mol. The van der Waals surface area contributed by atoms with Gasteiger partial charge in [0.2, 0.25) is 5.91 Å². The second-order valence-electron chi connectivity index (χ2n) is 4.55. The van der Waals surface area contributed by atoms with Gasteiger partial charge >= 0.3 is 0 Å². The number of guanidine groups is 1. The van der Waals surface area contributed by atoms with Gasteiger partial charge in [0.1, 0.15) is 0 Å². The fourth-order valence-electron chi connectivity index (χ4n) is 1.72. The molecule has 3 N–H and O–H groups in total. The second-order valence-corrected chi connectivity index (χ2v) is 4.55. The summed E-state index contributed by atoms with van der Waals surface area (Å²) in [5.74, 6) is 0.593. The zero-order valence-electron chi connectivity index (χ0n) is 12.4. The predicted octanol–water partition coefficient (Wildman–Crippen LogP) is 1.44. The van der Waals surface area contributed by atoms with E-state index in [-0.39, 0.29) is 18.5 Å². The Morgan fingerprint density at radius 2 is 1.95 bits per heavy atom. The Bertz CT molecular complexity index is 431. The Morgan fingerprint density at radius 3 is 2.55 bits per heavy atom. The molecule has 0 saturated heterocycles. The molecule has 1 unspecified atom stereocenters. The minimum absolute atomic E-state index is 0.0258. The van der Waals surface area contributed by atoms with Crippen LogP contribution in [0.1, 0.15) is 31.9 Å². The van der Waals surface area contributed by atoms with E-state index in [0.717, 1.165) is 6.42 Å². The summed E-state index contributed by atoms with van der Waals surface area (Å²) >= 11 is 0. The molecule has 1 aromatic carbocycles. The maximum atomic E-state index is 11.5. The first-order chi connectivity index (χ1) is 9.67. The lowest BCUT2D eigenvalue weighted by Gasteiger charge is -2.18. The van der Waals surface area contributed by atoms with Crippen LogP contribution in [-0.2, 0) is 4.79 Å². The van der Waals surface area contributed by atoms with Crippen molar-refractivity contribution >= 4 is 11.9 Å². The summed E-state index contributed by atoms with van der Waals surface area (Å²) in [4.78, 5) is 15.6. The number of carbonyl (C=O) groups is 1. The molecule has 1 amide bonds. The van der Waals surface area contributed by atoms with Crippen molar-refractivity contribution in [2.75, 3.05) is 20.1 Å². The van der Waals surface area contributed by atoms with Crippen molar-refractivity contribution in [3.05, 3.63) is 35.9 Å². The maximum absolute atomic E-state index is 11.5. The molecule has 0 aliphatic carbocycles. The number of hydrogen-bond acceptors (Lipinski definition) is 2. The average molecular weight is 276 g/mol. The summed E-state index contributed by atoms with van der Waals surface area (Å²) in [5.41, 5.74) is 1.17. The van der Waals surface area contributed by atoms with Crippen LogP contribution in [0.25, 0.3) is 0 Å². The molecule has 0 aliphatic heterocycles. The number of nitrogens with one attached hydrogen (secondary N) is 3. The lowest BCUT2D eigenvalue weighted by molar-refractivity contribution is -0.120. The molecule has 20 heavy (non-hydrogen) atoms. The van der Waals surface area contributed by atoms with Crippen LogP contribution in [-0.4, -0.2) is 32.0 Å². The number of hydrogen-bond donors (Lipinski definition) is 3. The zero-order valence-corrected chi connectivity index (χ0v) is 12.4. The average Bonchev–Trinajstić information content (AvgIpc) is 2.49. The van der Waals surface area contributed by atoms with E-state index in [1.807, 2.05) is 25.1 Å². The van der Waals surface area contributed by atoms with E-state index in [9.17, 15) is 4.79 Å². The third-order valence-corrected chi connectivity index (χ3v) is 2.86. The predicted molar refractivity (Wildman–Crippen MR) is 82.7 cm³/mol. The Kier molecular flexibility index (Phi) is 7.17. The van der Waals surface area contributed by atoms with Crippen molar-refractivity contribution in [2.45, 2.75) is 26.3 Å². The van der Waals surface area contributed by atoms with Gasteiger partial charge in [0.05, 0.1) is 12.6 Å². The molecule has 0 heterocycles. The van der Waals surface area contributed by atoms with Gasteiger partial charge in [0.15, 0.2) is 5.96 Å². The summed E-state index contributed by atoms with van der Waals surface area (Å²) in [6, 6.07) is 10.2. The smallest absolute Gasteiger partial charge is 0.239 e. The number of rotatable bonds is 6. The van der Waals surface area contributed by atoms with Gasteiger partial charge in [-0.25, -0.2) is 0 Å². The van der Waals surface area contributed by atoms with Gasteiger partial charge in [-0.3, -0.25) is 9.79 Å². The summed E-state index contributed by atoms with van der Waals surface area (Å²) in [6.45, 7) is 5.00. The van der Waals surface area contributed by atoms with Gasteiger partial charge in [-0.05, 0) is 18.9 Å². The van der Waals surface area contributed by atoms with Crippen LogP contribution < -0.4 is 16.0 Å². The number of carbonyl (C=O) groups excluding carboxylic acids is 1. The first-order valence-electron chi connectivity index (χ1n) is 6.96. The van der Waals surface area contributed by atoms with Crippen LogP contribution in [0.2, 0.25) is 0 Å². The molecule has 0 saturated carbocycles. The van der Waals surface area contributed by atoms with Crippen molar-refractivity contribution in [3.8, 4) is 0 Å². The summed E-state index contributed by atoms with van der Waals surface area (Å²) < 4.78 is 0. The van der Waals surface area contributed by atoms with E-state index in [0.29, 0.717) is 12.5 Å². The molecule has 1 aromatic rings. The summed E-state index contributed by atoms with van der Waals surface area (Å²) in [5, 5.41) is 9.07. The zero-order chi connectivity index (χ0) is 14.8. The van der Waals surface area contributed by atoms with Gasteiger partial charge in [-0.2, -0.15) is 0 Å². The lowest BCUT2D eigenvalue weighted by atomic mass is 10.1. The van der Waals surface area contributed by atoms with Crippen LogP contribution in [0.4, 0.5) is 0 Å². The van der Waals surface area contributed by atoms with Crippen molar-refractivity contribution < 1.29 is 4.79 Å². The fourth-order valence-corrected chi connectivity index (χ4v) is 1.72. The van der Waals surface area contributed by atoms with Crippen LogP contribution in [0.15, 0.2) is 35.3 Å². The number of aliphatic imine (C=N–C) groups is 1. The van der Waals surface area contributed by atoms with Crippen molar-refractivity contribution in [3.63, 3.8) is 0 Å². The molecule has 0 spiro atoms. The van der Waals surface area contributed by atoms with E-state index < -0.39 is 0 Å². The first-order valence-corrected chi connectivity index (χ1v) is 6.96. The SMILES string of the molecule is CCCNC(=O)CNC(=NC)NC(C)c1ccccc1. The normalized spacial score (nSPS) is 12.7. The largest absolute Gasteiger partial charge is 0.355 e. The van der Waals surface area contributed by atoms with Crippen LogP contribution in [0.5, 0.6) is 0 Å². The highest BCUT2D eigenvalue weighted by Crippen LogP contribution is 2.10. The molecule has 5 heteroatoms. The van der Waals surface area contributed by atoms with Crippen molar-refractivity contribution in [1.82, 2.24) is 16.0 Å². The molecular formula is C15H24N4O. The molecule has 1 rings (SSSR count).